The van der Waals surface area contributed by atoms with Crippen LogP contribution < -0.4 is 9.64 Å². The fourth-order valence-electron chi connectivity index (χ4n) is 7.78. The van der Waals surface area contributed by atoms with Crippen LogP contribution in [0.25, 0.3) is 38.4 Å². The molecule has 3 N–H and O–H groups in total. The van der Waals surface area contributed by atoms with Crippen LogP contribution in [0.3, 0.4) is 0 Å². The molecule has 0 spiro atoms. The number of rotatable bonds is 8. The van der Waals surface area contributed by atoms with E-state index in [4.69, 9.17) is 9.47 Å². The predicted octanol–water partition coefficient (Wildman–Crippen LogP) is 4.70. The number of aliphatic hydroxyl groups is 2. The third kappa shape index (κ3) is 5.79. The van der Waals surface area contributed by atoms with Crippen molar-refractivity contribution in [3.8, 4) is 23.0 Å². The monoisotopic (exact) mass is 710 g/mol. The molecule has 3 aliphatic rings. The van der Waals surface area contributed by atoms with Crippen LogP contribution in [0.1, 0.15) is 32.3 Å². The zero-order valence-corrected chi connectivity index (χ0v) is 28.2. The van der Waals surface area contributed by atoms with Crippen molar-refractivity contribution < 1.29 is 42.4 Å². The summed E-state index contributed by atoms with van der Waals surface area (Å²) in [6.07, 6.45) is 1.24. The number of aryl methyl sites for hydroxylation is 1. The van der Waals surface area contributed by atoms with Gasteiger partial charge in [0.1, 0.15) is 40.8 Å². The number of aromatic hydroxyl groups is 1. The molecule has 2 saturated heterocycles. The molecule has 5 aromatic rings. The number of hydrogen-bond acceptors (Lipinski definition) is 10. The Bertz CT molecular complexity index is 2180. The number of halogens is 4. The van der Waals surface area contributed by atoms with Crippen LogP contribution in [0.4, 0.5) is 23.4 Å². The number of aromatic nitrogens is 4. The Morgan fingerprint density at radius 2 is 1.90 bits per heavy atom. The molecule has 51 heavy (non-hydrogen) atoms. The van der Waals surface area contributed by atoms with E-state index in [0.29, 0.717) is 34.8 Å². The molecular weight excluding hydrogens is 672 g/mol. The molecule has 3 unspecified atom stereocenters. The summed E-state index contributed by atoms with van der Waals surface area (Å²) in [5.74, 6) is -4.39. The number of nitrogens with zero attached hydrogens (tertiary/aromatic N) is 6. The van der Waals surface area contributed by atoms with Crippen molar-refractivity contribution in [1.82, 2.24) is 24.5 Å². The van der Waals surface area contributed by atoms with Gasteiger partial charge >= 0.3 is 6.01 Å². The number of hydrogen-bond donors (Lipinski definition) is 3. The highest BCUT2D eigenvalue weighted by atomic mass is 19.3. The highest BCUT2D eigenvalue weighted by Crippen LogP contribution is 2.61. The summed E-state index contributed by atoms with van der Waals surface area (Å²) in [4.78, 5) is 12.7. The summed E-state index contributed by atoms with van der Waals surface area (Å²) in [6, 6.07) is 6.93. The predicted molar refractivity (Wildman–Crippen MR) is 180 cm³/mol. The zero-order chi connectivity index (χ0) is 35.9. The third-order valence-electron chi connectivity index (χ3n) is 10.4. The van der Waals surface area contributed by atoms with Crippen LogP contribution >= 0.6 is 0 Å². The molecule has 3 atom stereocenters. The molecule has 8 rings (SSSR count). The number of fused-ring (bicyclic) bond motifs is 4. The van der Waals surface area contributed by atoms with Gasteiger partial charge in [0.05, 0.1) is 48.4 Å². The van der Waals surface area contributed by atoms with E-state index in [0.717, 1.165) is 0 Å². The first-order chi connectivity index (χ1) is 24.3. The molecule has 270 valence electrons. The van der Waals surface area contributed by atoms with Crippen molar-refractivity contribution in [2.24, 2.45) is 5.41 Å². The van der Waals surface area contributed by atoms with E-state index in [-0.39, 0.29) is 85.6 Å². The van der Waals surface area contributed by atoms with Gasteiger partial charge in [0, 0.05) is 38.2 Å². The number of β-amino-alcohol motifs (C(OH)–C–C–N with tert-alkyl or cyclic N) is 2. The van der Waals surface area contributed by atoms with Crippen LogP contribution in [0, 0.1) is 17.0 Å². The van der Waals surface area contributed by atoms with Gasteiger partial charge in [-0.15, -0.1) is 0 Å². The van der Waals surface area contributed by atoms with Crippen LogP contribution in [-0.2, 0) is 11.2 Å². The van der Waals surface area contributed by atoms with Gasteiger partial charge in [-0.2, -0.15) is 15.1 Å². The Kier molecular flexibility index (Phi) is 8.05. The fraction of sp³-hybridized carbons (Fsp3) is 0.472. The van der Waals surface area contributed by atoms with Gasteiger partial charge in [0.15, 0.2) is 5.82 Å². The van der Waals surface area contributed by atoms with E-state index in [1.165, 1.54) is 35.0 Å². The highest BCUT2D eigenvalue weighted by Gasteiger charge is 2.72. The molecule has 0 bridgehead atoms. The van der Waals surface area contributed by atoms with Crippen molar-refractivity contribution in [2.45, 2.75) is 50.7 Å². The van der Waals surface area contributed by atoms with Crippen molar-refractivity contribution in [2.75, 3.05) is 57.4 Å². The zero-order valence-electron chi connectivity index (χ0n) is 28.2. The molecule has 2 aromatic carbocycles. The fourth-order valence-corrected chi connectivity index (χ4v) is 7.78. The van der Waals surface area contributed by atoms with Crippen LogP contribution in [-0.4, -0.2) is 110 Å². The Morgan fingerprint density at radius 1 is 1.10 bits per heavy atom. The second kappa shape index (κ2) is 12.1. The number of aliphatic hydroxyl groups excluding tert-OH is 1. The Morgan fingerprint density at radius 3 is 2.63 bits per heavy atom. The van der Waals surface area contributed by atoms with Gasteiger partial charge in [0.2, 0.25) is 0 Å². The number of benzene rings is 2. The number of ether oxygens (including phenoxy) is 2. The lowest BCUT2D eigenvalue weighted by Gasteiger charge is -2.29. The van der Waals surface area contributed by atoms with Crippen LogP contribution in [0.15, 0.2) is 36.5 Å². The largest absolute Gasteiger partial charge is 0.508 e. The van der Waals surface area contributed by atoms with Gasteiger partial charge in [-0.05, 0) is 60.4 Å². The van der Waals surface area contributed by atoms with E-state index < -0.39 is 47.7 Å². The van der Waals surface area contributed by atoms with Gasteiger partial charge in [-0.1, -0.05) is 13.0 Å². The van der Waals surface area contributed by atoms with E-state index in [1.807, 2.05) is 0 Å². The summed E-state index contributed by atoms with van der Waals surface area (Å²) in [5, 5.41) is 37.4. The third-order valence-corrected chi connectivity index (χ3v) is 10.4. The first-order valence-electron chi connectivity index (χ1n) is 17.1. The van der Waals surface area contributed by atoms with Gasteiger partial charge in [-0.3, -0.25) is 4.90 Å². The first-order valence-corrected chi connectivity index (χ1v) is 17.1. The number of likely N-dealkylation sites (tertiary alicyclic amines) is 1. The van der Waals surface area contributed by atoms with Crippen LogP contribution in [0.2, 0.25) is 0 Å². The van der Waals surface area contributed by atoms with Crippen LogP contribution in [0.5, 0.6) is 11.8 Å². The van der Waals surface area contributed by atoms with Gasteiger partial charge in [-0.25, -0.2) is 22.1 Å². The Balaban J connectivity index is 1.33. The van der Waals surface area contributed by atoms with E-state index in [2.05, 4.69) is 15.1 Å². The quantitative estimate of drug-likeness (QED) is 0.195. The summed E-state index contributed by atoms with van der Waals surface area (Å²) in [7, 11) is 0. The molecule has 3 aromatic heterocycles. The lowest BCUT2D eigenvalue weighted by atomic mass is 9.94. The molecule has 11 nitrogen and oxygen atoms in total. The van der Waals surface area contributed by atoms with E-state index in [9.17, 15) is 24.1 Å². The molecule has 15 heteroatoms. The van der Waals surface area contributed by atoms with Gasteiger partial charge in [0.25, 0.3) is 5.92 Å². The number of anilines is 1. The summed E-state index contributed by atoms with van der Waals surface area (Å²) in [5.41, 5.74) is -2.32. The SMILES string of the molecule is CCc1c(F)ccc2cc(O)cc(-c3c(F)c4nc(OCC5(CN6CCC(O)C6)CC5(F)F)nc(N5CCOCC(C)(O)C5)c4c4ccnn34)c12. The Labute approximate surface area is 290 Å². The smallest absolute Gasteiger partial charge is 0.319 e. The second-order valence-corrected chi connectivity index (χ2v) is 14.4. The summed E-state index contributed by atoms with van der Waals surface area (Å²) < 4.78 is 75.5. The molecule has 1 aliphatic carbocycles. The van der Waals surface area contributed by atoms with E-state index >= 15 is 8.78 Å². The number of phenols is 1. The standard InChI is InChI=1S/C36H38F4N6O5/c1-3-23-25(37)5-4-20-12-22(48)13-24(27(20)23)31-29(38)30-28(26-6-8-41-46(26)31)32(45-10-11-50-18-34(2,49)16-45)43-33(42-30)51-19-35(15-36(35,39)40)17-44-9-7-21(47)14-44/h4-6,8,12-13,21,47-49H,3,7,9-11,14-19H2,1-2H3. The number of alkyl halides is 2. The maximum Gasteiger partial charge on any atom is 0.319 e. The molecule has 0 amide bonds. The number of pyridine rings is 1. The van der Waals surface area contributed by atoms with Gasteiger partial charge < -0.3 is 29.7 Å². The minimum atomic E-state index is -3.02. The molecule has 1 saturated carbocycles. The highest BCUT2D eigenvalue weighted by molar-refractivity contribution is 6.07. The summed E-state index contributed by atoms with van der Waals surface area (Å²) >= 11 is 0. The van der Waals surface area contributed by atoms with Crippen molar-refractivity contribution in [1.29, 1.82) is 0 Å². The minimum absolute atomic E-state index is 0.000316. The molecule has 3 fully saturated rings. The van der Waals surface area contributed by atoms with Crippen molar-refractivity contribution >= 4 is 33.0 Å². The lowest BCUT2D eigenvalue weighted by Crippen LogP contribution is -2.42. The lowest BCUT2D eigenvalue weighted by molar-refractivity contribution is -0.0123. The normalized spacial score (nSPS) is 25.3. The van der Waals surface area contributed by atoms with Crippen molar-refractivity contribution in [3.05, 3.63) is 53.7 Å². The molecule has 2 aliphatic heterocycles. The number of phenolic OH excluding ortho intramolecular Hbond substituents is 1. The Hall–Kier alpha value is -4.31. The maximum absolute atomic E-state index is 17.4. The topological polar surface area (TPSA) is 129 Å². The molecule has 0 radical (unpaired) electrons. The average Bonchev–Trinajstić information content (AvgIpc) is 3.36. The molecular formula is C36H38F4N6O5. The molecule has 5 heterocycles. The minimum Gasteiger partial charge on any atom is -0.508 e. The summed E-state index contributed by atoms with van der Waals surface area (Å²) in [6.45, 7) is 4.23. The first kappa shape index (κ1) is 33.8. The van der Waals surface area contributed by atoms with E-state index in [1.54, 1.807) is 29.7 Å². The average molecular weight is 711 g/mol. The van der Waals surface area contributed by atoms with Crippen molar-refractivity contribution in [3.63, 3.8) is 0 Å². The second-order valence-electron chi connectivity index (χ2n) is 14.4. The maximum atomic E-state index is 17.4.